The first-order valence-electron chi connectivity index (χ1n) is 0.707. The Bertz CT molecular complexity index is 20.8. The molecule has 0 aliphatic heterocycles. The van der Waals surface area contributed by atoms with Crippen LogP contribution in [0, 0.1) is 77.2 Å². The second-order valence-corrected chi connectivity index (χ2v) is 0.289. The van der Waals surface area contributed by atoms with Gasteiger partial charge in [0, 0.05) is 0 Å². The third-order valence-corrected chi connectivity index (χ3v) is 0. The molecule has 0 aliphatic rings. The molecule has 0 bridgehead atoms. The Kier molecular flexibility index (Phi) is 83.6. The van der Waals surface area contributed by atoms with Crippen LogP contribution in [0.1, 0.15) is 0 Å². The molecule has 0 fully saturated rings. The van der Waals surface area contributed by atoms with Gasteiger partial charge in [-0.2, -0.15) is 0 Å². The van der Waals surface area contributed by atoms with Gasteiger partial charge < -0.3 is 20.5 Å². The van der Waals surface area contributed by atoms with Crippen molar-refractivity contribution in [1.82, 2.24) is 0 Å². The van der Waals surface area contributed by atoms with E-state index in [-0.39, 0.29) is 120 Å². The molecule has 0 aromatic heterocycles. The van der Waals surface area contributed by atoms with Crippen LogP contribution in [0.2, 0.25) is 0 Å². The minimum atomic E-state index is -2.92. The number of hydrogen-bond acceptors (Lipinski definition) is 3. The van der Waals surface area contributed by atoms with E-state index in [2.05, 4.69) is 0 Å². The van der Waals surface area contributed by atoms with Crippen molar-refractivity contribution < 1.29 is 97.8 Å². The molecule has 2 radical (unpaired) electrons. The molecule has 0 heterocycles. The Morgan fingerprint density at radius 3 is 1.00 bits per heavy atom. The van der Waals surface area contributed by atoms with E-state index in [0.717, 1.165) is 0 Å². The molecule has 8 heavy (non-hydrogen) atoms. The van der Waals surface area contributed by atoms with Crippen molar-refractivity contribution in [3.05, 3.63) is 0 Å². The van der Waals surface area contributed by atoms with Gasteiger partial charge in [-0.05, 0) is 0 Å². The molecule has 0 aromatic carbocycles. The molecule has 0 spiro atoms. The summed E-state index contributed by atoms with van der Waals surface area (Å²) in [7, 11) is -2.92. The van der Waals surface area contributed by atoms with Gasteiger partial charge in [0.25, 0.3) is 0 Å². The minimum Gasteiger partial charge on any atom is -2.00 e. The maximum absolute atomic E-state index is 8.42. The predicted octanol–water partition coefficient (Wildman–Crippen LogP) is -4.45. The van der Waals surface area contributed by atoms with E-state index >= 15 is 0 Å². The minimum absolute atomic E-state index is 0. The van der Waals surface area contributed by atoms with Crippen molar-refractivity contribution >= 4 is 45.1 Å². The van der Waals surface area contributed by atoms with Gasteiger partial charge in [-0.25, -0.2) is 0 Å². The molecule has 0 aliphatic carbocycles. The second kappa shape index (κ2) is 22.4. The number of rotatable bonds is 0. The fourth-order valence-electron chi connectivity index (χ4n) is 0. The summed E-state index contributed by atoms with van der Waals surface area (Å²) in [5.41, 5.74) is 0. The van der Waals surface area contributed by atoms with Crippen molar-refractivity contribution in [3.63, 3.8) is 0 Å². The number of hydrogen-bond donors (Lipinski definition) is 0. The molecule has 0 N–H and O–H groups in total. The van der Waals surface area contributed by atoms with Crippen molar-refractivity contribution in [2.24, 2.45) is 0 Å². The summed E-state index contributed by atoms with van der Waals surface area (Å²) in [5, 5.41) is 25.2. The molecule has 0 atom stereocenters. The summed E-state index contributed by atoms with van der Waals surface area (Å²) in [6, 6.07) is 0. The zero-order valence-corrected chi connectivity index (χ0v) is 9.89. The Morgan fingerprint density at radius 2 is 1.00 bits per heavy atom. The van der Waals surface area contributed by atoms with Crippen molar-refractivity contribution in [1.29, 1.82) is 0 Å². The standard InChI is InChI=1S/BO3.Ca.Er.Gd.O/c2-1(3)4;;;;/q-3;+2;2*+3;-2. The Hall–Kier alpha value is 3.74. The first-order chi connectivity index (χ1) is 1.73. The molecule has 0 saturated heterocycles. The second-order valence-electron chi connectivity index (χ2n) is 0.289. The van der Waals surface area contributed by atoms with E-state index in [1.54, 1.807) is 0 Å². The van der Waals surface area contributed by atoms with Crippen molar-refractivity contribution in [3.8, 4) is 0 Å². The Balaban J connectivity index is -0.00000000750. The SMILES string of the molecule is [Ca+2].[Er+3].[Gd+3].[O-2].[O-]B([O-])[O-]. The van der Waals surface area contributed by atoms with Gasteiger partial charge in [-0.15, -0.1) is 0 Å². The smallest absolute Gasteiger partial charge is 2.00 e. The zero-order valence-electron chi connectivity index (χ0n) is 3.56. The molecule has 0 saturated carbocycles. The van der Waals surface area contributed by atoms with Crippen LogP contribution >= 0.6 is 0 Å². The maximum atomic E-state index is 8.42. The van der Waals surface area contributed by atoms with Gasteiger partial charge in [-0.3, -0.25) is 7.32 Å². The predicted molar refractivity (Wildman–Crippen MR) is 12.2 cm³/mol. The van der Waals surface area contributed by atoms with Crippen molar-refractivity contribution in [2.45, 2.75) is 0 Å². The largest absolute Gasteiger partial charge is 3.00 e. The van der Waals surface area contributed by atoms with Crippen LogP contribution in [0.25, 0.3) is 0 Å². The zero-order chi connectivity index (χ0) is 3.58. The quantitative estimate of drug-likeness (QED) is 0.356. The molecule has 0 aromatic rings. The van der Waals surface area contributed by atoms with Crippen LogP contribution in [0.3, 0.4) is 0 Å². The normalized spacial score (nSPS) is 3.38. The summed E-state index contributed by atoms with van der Waals surface area (Å²) in [6.45, 7) is 0. The fourth-order valence-corrected chi connectivity index (χ4v) is 0. The van der Waals surface area contributed by atoms with Crippen LogP contribution in [-0.2, 0) is 5.48 Å². The monoisotopic (exact) mass is 439 g/mol. The van der Waals surface area contributed by atoms with Crippen LogP contribution in [0.15, 0.2) is 0 Å². The maximum Gasteiger partial charge on any atom is 3.00 e. The average molecular weight is 439 g/mol. The molecule has 4 nitrogen and oxygen atoms in total. The van der Waals surface area contributed by atoms with Gasteiger partial charge >= 0.3 is 115 Å². The first-order valence-corrected chi connectivity index (χ1v) is 0.707. The van der Waals surface area contributed by atoms with Crippen LogP contribution in [0.4, 0.5) is 0 Å². The van der Waals surface area contributed by atoms with Crippen LogP contribution in [0.5, 0.6) is 0 Å². The fraction of sp³-hybridized carbons (Fsp3) is 0. The van der Waals surface area contributed by atoms with Gasteiger partial charge in [0.05, 0.1) is 0 Å². The average Bonchev–Trinajstić information content (AvgIpc) is 0.811. The molecule has 0 unspecified atom stereocenters. The molecular weight excluding hydrogens is 439 g/mol. The van der Waals surface area contributed by atoms with Crippen LogP contribution in [-0.4, -0.2) is 45.1 Å². The molecule has 8 heteroatoms. The first kappa shape index (κ1) is 29.8. The Morgan fingerprint density at radius 1 is 1.00 bits per heavy atom. The van der Waals surface area contributed by atoms with E-state index < -0.39 is 7.32 Å². The third kappa shape index (κ3) is 53.2. The molecular formula is BCaErGdO4+3. The van der Waals surface area contributed by atoms with Crippen LogP contribution < -0.4 is 15.1 Å². The van der Waals surface area contributed by atoms with Gasteiger partial charge in [-0.1, -0.05) is 0 Å². The summed E-state index contributed by atoms with van der Waals surface area (Å²) in [4.78, 5) is 0. The molecule has 46 valence electrons. The summed E-state index contributed by atoms with van der Waals surface area (Å²) >= 11 is 0. The van der Waals surface area contributed by atoms with E-state index in [9.17, 15) is 0 Å². The van der Waals surface area contributed by atoms with E-state index in [1.165, 1.54) is 0 Å². The van der Waals surface area contributed by atoms with Gasteiger partial charge in [0.2, 0.25) is 0 Å². The van der Waals surface area contributed by atoms with Crippen molar-refractivity contribution in [2.75, 3.05) is 0 Å². The van der Waals surface area contributed by atoms with E-state index in [4.69, 9.17) is 15.1 Å². The topological polar surface area (TPSA) is 97.7 Å². The third-order valence-electron chi connectivity index (χ3n) is 0. The van der Waals surface area contributed by atoms with Gasteiger partial charge in [0.1, 0.15) is 0 Å². The summed E-state index contributed by atoms with van der Waals surface area (Å²) in [5.74, 6) is 0. The van der Waals surface area contributed by atoms with Gasteiger partial charge in [0.15, 0.2) is 0 Å². The Labute approximate surface area is 139 Å². The molecule has 0 amide bonds. The van der Waals surface area contributed by atoms with E-state index in [0.29, 0.717) is 0 Å². The molecule has 0 rings (SSSR count). The summed E-state index contributed by atoms with van der Waals surface area (Å²) < 4.78 is 0. The summed E-state index contributed by atoms with van der Waals surface area (Å²) in [6.07, 6.45) is 0. The van der Waals surface area contributed by atoms with E-state index in [1.807, 2.05) is 0 Å².